The van der Waals surface area contributed by atoms with Gasteiger partial charge >= 0.3 is 0 Å². The van der Waals surface area contributed by atoms with Crippen LogP contribution in [0.4, 0.5) is 5.69 Å². The van der Waals surface area contributed by atoms with Gasteiger partial charge in [-0.05, 0) is 38.1 Å². The molecule has 0 unspecified atom stereocenters. The zero-order valence-corrected chi connectivity index (χ0v) is 13.1. The first-order valence-electron chi connectivity index (χ1n) is 7.13. The molecule has 1 aromatic carbocycles. The van der Waals surface area contributed by atoms with Crippen molar-refractivity contribution < 1.29 is 9.53 Å². The van der Waals surface area contributed by atoms with Crippen LogP contribution in [0.3, 0.4) is 0 Å². The van der Waals surface area contributed by atoms with Crippen LogP contribution >= 0.6 is 0 Å². The summed E-state index contributed by atoms with van der Waals surface area (Å²) < 4.78 is 4.99. The molecular formula is C17H16N4O2. The van der Waals surface area contributed by atoms with Crippen LogP contribution in [-0.4, -0.2) is 28.0 Å². The highest BCUT2D eigenvalue weighted by Crippen LogP contribution is 2.16. The molecule has 23 heavy (non-hydrogen) atoms. The number of anilines is 1. The highest BCUT2D eigenvalue weighted by Gasteiger charge is 2.09. The lowest BCUT2D eigenvalue weighted by molar-refractivity contribution is 0.102. The molecule has 116 valence electrons. The fourth-order valence-electron chi connectivity index (χ4n) is 2.15. The Hall–Kier alpha value is -3.02. The van der Waals surface area contributed by atoms with Gasteiger partial charge in [-0.2, -0.15) is 0 Å². The molecule has 1 amide bonds. The number of aromatic nitrogens is 3. The van der Waals surface area contributed by atoms with E-state index in [-0.39, 0.29) is 5.91 Å². The van der Waals surface area contributed by atoms with Gasteiger partial charge in [0.15, 0.2) is 0 Å². The van der Waals surface area contributed by atoms with Crippen LogP contribution in [-0.2, 0) is 0 Å². The molecule has 3 rings (SSSR count). The topological polar surface area (TPSA) is 77.0 Å². The number of hydrogen-bond acceptors (Lipinski definition) is 5. The third-order valence-corrected chi connectivity index (χ3v) is 3.54. The van der Waals surface area contributed by atoms with Crippen molar-refractivity contribution >= 4 is 22.6 Å². The SMILES string of the molecule is COc1ccc(NC(=O)c2ccc3nc(C)c(C)nc3c2)cn1. The van der Waals surface area contributed by atoms with Gasteiger partial charge in [0.25, 0.3) is 5.91 Å². The third kappa shape index (κ3) is 3.11. The minimum absolute atomic E-state index is 0.223. The Kier molecular flexibility index (Phi) is 3.89. The van der Waals surface area contributed by atoms with Crippen LogP contribution in [0, 0.1) is 13.8 Å². The lowest BCUT2D eigenvalue weighted by atomic mass is 10.1. The summed E-state index contributed by atoms with van der Waals surface area (Å²) in [6, 6.07) is 8.70. The molecule has 0 aliphatic rings. The number of ether oxygens (including phenoxy) is 1. The number of amides is 1. The first-order valence-corrected chi connectivity index (χ1v) is 7.13. The number of aryl methyl sites for hydroxylation is 2. The van der Waals surface area contributed by atoms with Gasteiger partial charge in [-0.1, -0.05) is 0 Å². The molecule has 2 aromatic heterocycles. The number of hydrogen-bond donors (Lipinski definition) is 1. The minimum atomic E-state index is -0.223. The smallest absolute Gasteiger partial charge is 0.255 e. The van der Waals surface area contributed by atoms with Crippen molar-refractivity contribution in [1.29, 1.82) is 0 Å². The van der Waals surface area contributed by atoms with Gasteiger partial charge in [0.1, 0.15) is 0 Å². The average Bonchev–Trinajstić information content (AvgIpc) is 2.56. The highest BCUT2D eigenvalue weighted by molar-refractivity contribution is 6.05. The maximum atomic E-state index is 12.3. The summed E-state index contributed by atoms with van der Waals surface area (Å²) in [7, 11) is 1.54. The second-order valence-corrected chi connectivity index (χ2v) is 5.14. The van der Waals surface area contributed by atoms with E-state index in [4.69, 9.17) is 4.74 Å². The van der Waals surface area contributed by atoms with Crippen LogP contribution < -0.4 is 10.1 Å². The molecule has 6 nitrogen and oxygen atoms in total. The van der Waals surface area contributed by atoms with Gasteiger partial charge in [-0.15, -0.1) is 0 Å². The van der Waals surface area contributed by atoms with Gasteiger partial charge in [-0.25, -0.2) is 15.0 Å². The molecular weight excluding hydrogens is 292 g/mol. The van der Waals surface area contributed by atoms with Crippen molar-refractivity contribution in [3.8, 4) is 5.88 Å². The Morgan fingerprint density at radius 2 is 1.78 bits per heavy atom. The van der Waals surface area contributed by atoms with Gasteiger partial charge in [-0.3, -0.25) is 4.79 Å². The number of carbonyl (C=O) groups excluding carboxylic acids is 1. The Morgan fingerprint density at radius 1 is 1.04 bits per heavy atom. The molecule has 0 saturated heterocycles. The number of rotatable bonds is 3. The van der Waals surface area contributed by atoms with Crippen LogP contribution in [0.2, 0.25) is 0 Å². The molecule has 0 saturated carbocycles. The zero-order chi connectivity index (χ0) is 16.4. The van der Waals surface area contributed by atoms with E-state index < -0.39 is 0 Å². The van der Waals surface area contributed by atoms with Gasteiger partial charge in [0.2, 0.25) is 5.88 Å². The molecule has 6 heteroatoms. The van der Waals surface area contributed by atoms with Crippen molar-refractivity contribution in [2.24, 2.45) is 0 Å². The molecule has 0 spiro atoms. The number of carbonyl (C=O) groups is 1. The standard InChI is InChI=1S/C17H16N4O2/c1-10-11(2)20-15-8-12(4-6-14(15)19-10)17(22)21-13-5-7-16(23-3)18-9-13/h4-9H,1-3H3,(H,21,22). The van der Waals surface area contributed by atoms with Crippen LogP contribution in [0.5, 0.6) is 5.88 Å². The van der Waals surface area contributed by atoms with Crippen LogP contribution in [0.1, 0.15) is 21.7 Å². The second kappa shape index (κ2) is 6.00. The molecule has 3 aromatic rings. The molecule has 0 aliphatic heterocycles. The predicted molar refractivity (Wildman–Crippen MR) is 87.8 cm³/mol. The Bertz CT molecular complexity index is 876. The van der Waals surface area contributed by atoms with E-state index in [1.165, 1.54) is 0 Å². The number of benzene rings is 1. The van der Waals surface area contributed by atoms with Gasteiger partial charge < -0.3 is 10.1 Å². The van der Waals surface area contributed by atoms with E-state index in [0.29, 0.717) is 22.6 Å². The lowest BCUT2D eigenvalue weighted by Crippen LogP contribution is -2.12. The molecule has 1 N–H and O–H groups in total. The number of nitrogens with zero attached hydrogens (tertiary/aromatic N) is 3. The molecule has 0 bridgehead atoms. The molecule has 0 aliphatic carbocycles. The Labute approximate surface area is 133 Å². The van der Waals surface area contributed by atoms with Crippen molar-refractivity contribution in [2.45, 2.75) is 13.8 Å². The molecule has 0 atom stereocenters. The number of pyridine rings is 1. The predicted octanol–water partition coefficient (Wildman–Crippen LogP) is 2.90. The van der Waals surface area contributed by atoms with E-state index >= 15 is 0 Å². The summed E-state index contributed by atoms with van der Waals surface area (Å²) in [5, 5.41) is 2.80. The van der Waals surface area contributed by atoms with E-state index in [9.17, 15) is 4.79 Å². The van der Waals surface area contributed by atoms with E-state index in [1.807, 2.05) is 13.8 Å². The average molecular weight is 308 g/mol. The fraction of sp³-hybridized carbons (Fsp3) is 0.176. The summed E-state index contributed by atoms with van der Waals surface area (Å²) in [6.07, 6.45) is 1.55. The maximum Gasteiger partial charge on any atom is 0.255 e. The third-order valence-electron chi connectivity index (χ3n) is 3.54. The van der Waals surface area contributed by atoms with Gasteiger partial charge in [0.05, 0.1) is 41.4 Å². The normalized spacial score (nSPS) is 10.6. The Balaban J connectivity index is 1.86. The maximum absolute atomic E-state index is 12.3. The van der Waals surface area contributed by atoms with Crippen molar-refractivity contribution in [1.82, 2.24) is 15.0 Å². The molecule has 0 radical (unpaired) electrons. The van der Waals surface area contributed by atoms with Gasteiger partial charge in [0, 0.05) is 11.6 Å². The first kappa shape index (κ1) is 14.9. The first-order chi connectivity index (χ1) is 11.1. The van der Waals surface area contributed by atoms with Crippen LogP contribution in [0.25, 0.3) is 11.0 Å². The summed E-state index contributed by atoms with van der Waals surface area (Å²) in [6.45, 7) is 3.82. The largest absolute Gasteiger partial charge is 0.481 e. The van der Waals surface area contributed by atoms with Crippen molar-refractivity contribution in [3.63, 3.8) is 0 Å². The van der Waals surface area contributed by atoms with E-state index in [2.05, 4.69) is 20.3 Å². The monoisotopic (exact) mass is 308 g/mol. The lowest BCUT2D eigenvalue weighted by Gasteiger charge is -2.07. The minimum Gasteiger partial charge on any atom is -0.481 e. The summed E-state index contributed by atoms with van der Waals surface area (Å²) in [4.78, 5) is 25.3. The number of fused-ring (bicyclic) bond motifs is 1. The Morgan fingerprint density at radius 3 is 2.43 bits per heavy atom. The van der Waals surface area contributed by atoms with Crippen molar-refractivity contribution in [3.05, 3.63) is 53.5 Å². The molecule has 2 heterocycles. The summed E-state index contributed by atoms with van der Waals surface area (Å²) >= 11 is 0. The van der Waals surface area contributed by atoms with E-state index in [1.54, 1.807) is 43.6 Å². The van der Waals surface area contributed by atoms with Crippen molar-refractivity contribution in [2.75, 3.05) is 12.4 Å². The second-order valence-electron chi connectivity index (χ2n) is 5.14. The molecule has 0 fully saturated rings. The van der Waals surface area contributed by atoms with Crippen LogP contribution in [0.15, 0.2) is 36.5 Å². The zero-order valence-electron chi connectivity index (χ0n) is 13.1. The summed E-state index contributed by atoms with van der Waals surface area (Å²) in [5.41, 5.74) is 4.34. The fourth-order valence-corrected chi connectivity index (χ4v) is 2.15. The quantitative estimate of drug-likeness (QED) is 0.805. The number of methoxy groups -OCH3 is 1. The highest BCUT2D eigenvalue weighted by atomic mass is 16.5. The van der Waals surface area contributed by atoms with E-state index in [0.717, 1.165) is 16.9 Å². The summed E-state index contributed by atoms with van der Waals surface area (Å²) in [5.74, 6) is 0.272. The number of nitrogens with one attached hydrogen (secondary N) is 1.